The van der Waals surface area contributed by atoms with Gasteiger partial charge in [0.25, 0.3) is 0 Å². The highest BCUT2D eigenvalue weighted by molar-refractivity contribution is 9.10. The van der Waals surface area contributed by atoms with Crippen LogP contribution < -0.4 is 10.6 Å². The van der Waals surface area contributed by atoms with E-state index in [-0.39, 0.29) is 12.1 Å². The molecule has 2 rings (SSSR count). The van der Waals surface area contributed by atoms with Crippen molar-refractivity contribution in [1.29, 1.82) is 0 Å². The molecule has 1 heterocycles. The molecule has 0 unspecified atom stereocenters. The highest BCUT2D eigenvalue weighted by atomic mass is 79.9. The quantitative estimate of drug-likeness (QED) is 0.800. The minimum atomic E-state index is -0.367. The van der Waals surface area contributed by atoms with Gasteiger partial charge in [-0.05, 0) is 25.1 Å². The van der Waals surface area contributed by atoms with Gasteiger partial charge in [-0.3, -0.25) is 5.10 Å². The van der Waals surface area contributed by atoms with Gasteiger partial charge in [-0.15, -0.1) is 0 Å². The van der Waals surface area contributed by atoms with Gasteiger partial charge in [0.15, 0.2) is 0 Å². The maximum atomic E-state index is 11.8. The molecule has 19 heavy (non-hydrogen) atoms. The van der Waals surface area contributed by atoms with Crippen LogP contribution in [0, 0.1) is 0 Å². The molecule has 1 aromatic heterocycles. The van der Waals surface area contributed by atoms with Crippen LogP contribution in [-0.4, -0.2) is 21.2 Å². The summed E-state index contributed by atoms with van der Waals surface area (Å²) in [6, 6.07) is 4.56. The Labute approximate surface area is 123 Å². The summed E-state index contributed by atoms with van der Waals surface area (Å²) in [6.45, 7) is 1.79. The number of aromatic amines is 1. The van der Waals surface area contributed by atoms with Crippen LogP contribution in [0.2, 0.25) is 5.02 Å². The van der Waals surface area contributed by atoms with Crippen LogP contribution in [0.4, 0.5) is 10.5 Å². The fourth-order valence-electron chi connectivity index (χ4n) is 1.44. The van der Waals surface area contributed by atoms with E-state index in [1.165, 1.54) is 6.33 Å². The van der Waals surface area contributed by atoms with E-state index in [4.69, 9.17) is 11.6 Å². The minimum absolute atomic E-state index is 0.281. The van der Waals surface area contributed by atoms with Crippen molar-refractivity contribution >= 4 is 39.2 Å². The Morgan fingerprint density at radius 1 is 1.53 bits per heavy atom. The normalized spacial score (nSPS) is 11.9. The Morgan fingerprint density at radius 2 is 2.32 bits per heavy atom. The van der Waals surface area contributed by atoms with Crippen LogP contribution in [0.1, 0.15) is 18.8 Å². The van der Waals surface area contributed by atoms with Crippen molar-refractivity contribution in [1.82, 2.24) is 20.5 Å². The Balaban J connectivity index is 1.98. The zero-order valence-electron chi connectivity index (χ0n) is 9.95. The molecule has 3 N–H and O–H groups in total. The summed E-state index contributed by atoms with van der Waals surface area (Å²) >= 11 is 9.31. The number of nitrogens with zero attached hydrogens (tertiary/aromatic N) is 2. The number of H-pyrrole nitrogens is 1. The van der Waals surface area contributed by atoms with Gasteiger partial charge in [-0.1, -0.05) is 27.5 Å². The first kappa shape index (κ1) is 13.8. The number of anilines is 1. The number of hydrogen-bond acceptors (Lipinski definition) is 3. The first-order chi connectivity index (χ1) is 9.06. The molecule has 6 nitrogen and oxygen atoms in total. The van der Waals surface area contributed by atoms with Crippen LogP contribution in [-0.2, 0) is 0 Å². The van der Waals surface area contributed by atoms with E-state index in [1.807, 2.05) is 0 Å². The number of rotatable bonds is 3. The van der Waals surface area contributed by atoms with E-state index >= 15 is 0 Å². The predicted molar refractivity (Wildman–Crippen MR) is 76.1 cm³/mol. The third-order valence-corrected chi connectivity index (χ3v) is 3.18. The van der Waals surface area contributed by atoms with Crippen LogP contribution in [0.3, 0.4) is 0 Å². The monoisotopic (exact) mass is 343 g/mol. The second-order valence-corrected chi connectivity index (χ2v) is 5.14. The van der Waals surface area contributed by atoms with Crippen molar-refractivity contribution < 1.29 is 4.79 Å². The topological polar surface area (TPSA) is 82.7 Å². The lowest BCUT2D eigenvalue weighted by atomic mass is 10.3. The summed E-state index contributed by atoms with van der Waals surface area (Å²) < 4.78 is 0.846. The summed E-state index contributed by atoms with van der Waals surface area (Å²) in [5, 5.41) is 12.3. The lowest BCUT2D eigenvalue weighted by Crippen LogP contribution is -2.31. The highest BCUT2D eigenvalue weighted by Crippen LogP contribution is 2.25. The van der Waals surface area contributed by atoms with Crippen molar-refractivity contribution in [3.8, 4) is 0 Å². The Morgan fingerprint density at radius 3 is 2.95 bits per heavy atom. The average Bonchev–Trinajstić information content (AvgIpc) is 2.86. The number of amides is 2. The molecule has 0 aliphatic heterocycles. The number of urea groups is 1. The number of carbonyl (C=O) groups is 1. The number of hydrogen-bond donors (Lipinski definition) is 3. The van der Waals surface area contributed by atoms with Crippen molar-refractivity contribution in [3.05, 3.63) is 39.8 Å². The Hall–Kier alpha value is -1.60. The largest absolute Gasteiger partial charge is 0.328 e. The van der Waals surface area contributed by atoms with Gasteiger partial charge in [-0.25, -0.2) is 9.78 Å². The number of carbonyl (C=O) groups excluding carboxylic acids is 1. The molecule has 1 aromatic carbocycles. The molecule has 8 heteroatoms. The third-order valence-electron chi connectivity index (χ3n) is 2.37. The summed E-state index contributed by atoms with van der Waals surface area (Å²) in [6.07, 6.45) is 1.39. The molecular weight excluding hydrogens is 334 g/mol. The lowest BCUT2D eigenvalue weighted by Gasteiger charge is -2.13. The molecule has 0 aliphatic carbocycles. The van der Waals surface area contributed by atoms with Crippen molar-refractivity contribution in [2.75, 3.05) is 5.32 Å². The van der Waals surface area contributed by atoms with Crippen molar-refractivity contribution in [3.63, 3.8) is 0 Å². The number of benzene rings is 1. The van der Waals surface area contributed by atoms with Gasteiger partial charge in [0.1, 0.15) is 12.2 Å². The summed E-state index contributed by atoms with van der Waals surface area (Å²) in [7, 11) is 0. The van der Waals surface area contributed by atoms with Crippen LogP contribution in [0.25, 0.3) is 0 Å². The van der Waals surface area contributed by atoms with Gasteiger partial charge in [-0.2, -0.15) is 5.10 Å². The molecule has 2 aromatic rings. The molecule has 100 valence electrons. The van der Waals surface area contributed by atoms with Crippen LogP contribution in [0.15, 0.2) is 29.0 Å². The van der Waals surface area contributed by atoms with Gasteiger partial charge in [0.05, 0.1) is 16.8 Å². The fraction of sp³-hybridized carbons (Fsp3) is 0.182. The first-order valence-corrected chi connectivity index (χ1v) is 6.61. The smallest absolute Gasteiger partial charge is 0.319 e. The summed E-state index contributed by atoms with van der Waals surface area (Å²) in [5.74, 6) is 0.581. The number of halogens is 2. The standard InChI is InChI=1S/C11H11BrClN5O/c1-6(10-14-5-15-18-10)16-11(19)17-9-3-2-7(12)4-8(9)13/h2-6H,1H3,(H,14,15,18)(H2,16,17,19)/t6-/m1/s1. The Kier molecular flexibility index (Phi) is 4.39. The number of nitrogens with one attached hydrogen (secondary N) is 3. The molecule has 0 saturated heterocycles. The van der Waals surface area contributed by atoms with E-state index in [1.54, 1.807) is 25.1 Å². The zero-order valence-corrected chi connectivity index (χ0v) is 12.3. The van der Waals surface area contributed by atoms with Crippen molar-refractivity contribution in [2.24, 2.45) is 0 Å². The first-order valence-electron chi connectivity index (χ1n) is 5.44. The van der Waals surface area contributed by atoms with Crippen molar-refractivity contribution in [2.45, 2.75) is 13.0 Å². The third kappa shape index (κ3) is 3.68. The van der Waals surface area contributed by atoms with E-state index in [0.717, 1.165) is 4.47 Å². The lowest BCUT2D eigenvalue weighted by molar-refractivity contribution is 0.249. The van der Waals surface area contributed by atoms with E-state index in [9.17, 15) is 4.79 Å². The van der Waals surface area contributed by atoms with E-state index in [0.29, 0.717) is 16.5 Å². The molecule has 0 saturated carbocycles. The van der Waals surface area contributed by atoms with Crippen LogP contribution >= 0.6 is 27.5 Å². The average molecular weight is 345 g/mol. The number of aromatic nitrogens is 3. The summed E-state index contributed by atoms with van der Waals surface area (Å²) in [4.78, 5) is 15.8. The zero-order chi connectivity index (χ0) is 13.8. The SMILES string of the molecule is C[C@@H](NC(=O)Nc1ccc(Br)cc1Cl)c1ncn[nH]1. The highest BCUT2D eigenvalue weighted by Gasteiger charge is 2.12. The molecule has 0 bridgehead atoms. The molecule has 1 atom stereocenters. The molecule has 0 aliphatic rings. The van der Waals surface area contributed by atoms with E-state index < -0.39 is 0 Å². The maximum absolute atomic E-state index is 11.8. The van der Waals surface area contributed by atoms with Gasteiger partial charge in [0.2, 0.25) is 0 Å². The minimum Gasteiger partial charge on any atom is -0.328 e. The molecular formula is C11H11BrClN5O. The van der Waals surface area contributed by atoms with Crippen LogP contribution in [0.5, 0.6) is 0 Å². The van der Waals surface area contributed by atoms with E-state index in [2.05, 4.69) is 41.7 Å². The second-order valence-electron chi connectivity index (χ2n) is 3.82. The molecule has 2 amide bonds. The van der Waals surface area contributed by atoms with Gasteiger partial charge >= 0.3 is 6.03 Å². The predicted octanol–water partition coefficient (Wildman–Crippen LogP) is 3.10. The fourth-order valence-corrected chi connectivity index (χ4v) is 2.16. The molecule has 0 radical (unpaired) electrons. The van der Waals surface area contributed by atoms with Gasteiger partial charge in [0, 0.05) is 4.47 Å². The maximum Gasteiger partial charge on any atom is 0.319 e. The Bertz CT molecular complexity index is 574. The van der Waals surface area contributed by atoms with Gasteiger partial charge < -0.3 is 10.6 Å². The second kappa shape index (κ2) is 6.03. The summed E-state index contributed by atoms with van der Waals surface area (Å²) in [5.41, 5.74) is 0.534. The molecule has 0 spiro atoms. The molecule has 0 fully saturated rings.